The van der Waals surface area contributed by atoms with Crippen molar-refractivity contribution in [3.8, 4) is 39.5 Å². The molecular weight excluding hydrogens is 655 g/mol. The van der Waals surface area contributed by atoms with Gasteiger partial charge in [0.1, 0.15) is 0 Å². The lowest BCUT2D eigenvalue weighted by atomic mass is 9.67. The Morgan fingerprint density at radius 1 is 0.370 bits per heavy atom. The zero-order valence-corrected chi connectivity index (χ0v) is 29.4. The highest BCUT2D eigenvalue weighted by Gasteiger charge is 2.46. The fraction of sp³-hybridized carbons (Fsp3) is 0.0196. The molecule has 0 fully saturated rings. The molecular formula is C51H33N3. The van der Waals surface area contributed by atoms with E-state index in [4.69, 9.17) is 9.97 Å². The van der Waals surface area contributed by atoms with Gasteiger partial charge in [-0.15, -0.1) is 0 Å². The van der Waals surface area contributed by atoms with Gasteiger partial charge < -0.3 is 0 Å². The standard InChI is InChI=1S/C51H33N3/c1-3-15-34(16-4-1)35-27-29-36(30-28-35)49-43-22-9-13-25-46(43)52-50(53-49)54-47-26-14-10-21-41(47)42-32-31-38(33-48(42)54)51(37-17-5-2-6-18-37)44-23-11-7-19-39(44)40-20-8-12-24-45(40)51/h1-33H. The van der Waals surface area contributed by atoms with Crippen molar-refractivity contribution in [3.05, 3.63) is 222 Å². The van der Waals surface area contributed by atoms with E-state index >= 15 is 0 Å². The predicted molar refractivity (Wildman–Crippen MR) is 222 cm³/mol. The van der Waals surface area contributed by atoms with Crippen molar-refractivity contribution in [3.63, 3.8) is 0 Å². The number of hydrogen-bond donors (Lipinski definition) is 0. The summed E-state index contributed by atoms with van der Waals surface area (Å²) in [5.41, 5.74) is 14.5. The summed E-state index contributed by atoms with van der Waals surface area (Å²) in [7, 11) is 0. The molecule has 0 spiro atoms. The summed E-state index contributed by atoms with van der Waals surface area (Å²) >= 11 is 0. The Morgan fingerprint density at radius 2 is 0.926 bits per heavy atom. The number of aromatic nitrogens is 3. The van der Waals surface area contributed by atoms with Crippen molar-refractivity contribution in [2.75, 3.05) is 0 Å². The van der Waals surface area contributed by atoms with Crippen LogP contribution in [0.15, 0.2) is 200 Å². The molecule has 54 heavy (non-hydrogen) atoms. The van der Waals surface area contributed by atoms with Gasteiger partial charge in [0.2, 0.25) is 5.95 Å². The van der Waals surface area contributed by atoms with Crippen molar-refractivity contribution in [2.24, 2.45) is 0 Å². The van der Waals surface area contributed by atoms with Crippen LogP contribution in [0.25, 0.3) is 72.2 Å². The second-order valence-corrected chi connectivity index (χ2v) is 14.1. The van der Waals surface area contributed by atoms with Gasteiger partial charge in [0.05, 0.1) is 27.7 Å². The van der Waals surface area contributed by atoms with Crippen molar-refractivity contribution >= 4 is 32.7 Å². The number of benzene rings is 8. The Bertz CT molecular complexity index is 2990. The molecule has 3 heteroatoms. The Morgan fingerprint density at radius 3 is 1.67 bits per heavy atom. The minimum Gasteiger partial charge on any atom is -0.278 e. The Hall–Kier alpha value is -7.10. The Labute approximate surface area is 313 Å². The van der Waals surface area contributed by atoms with E-state index in [-0.39, 0.29) is 0 Å². The van der Waals surface area contributed by atoms with Gasteiger partial charge in [0.15, 0.2) is 0 Å². The van der Waals surface area contributed by atoms with Crippen LogP contribution < -0.4 is 0 Å². The summed E-state index contributed by atoms with van der Waals surface area (Å²) < 4.78 is 2.27. The predicted octanol–water partition coefficient (Wildman–Crippen LogP) is 12.4. The SMILES string of the molecule is c1ccc(-c2ccc(-c3nc(-n4c5ccccc5c5ccc(C6(c7ccccc7)c7ccccc7-c7ccccc76)cc54)nc4ccccc34)cc2)cc1. The average Bonchev–Trinajstić information content (AvgIpc) is 3.74. The molecule has 0 amide bonds. The zero-order valence-electron chi connectivity index (χ0n) is 29.4. The van der Waals surface area contributed by atoms with Gasteiger partial charge in [0, 0.05) is 21.7 Å². The fourth-order valence-electron chi connectivity index (χ4n) is 8.97. The number of hydrogen-bond acceptors (Lipinski definition) is 2. The van der Waals surface area contributed by atoms with Crippen molar-refractivity contribution in [1.29, 1.82) is 0 Å². The van der Waals surface area contributed by atoms with E-state index in [0.717, 1.165) is 33.2 Å². The minimum absolute atomic E-state index is 0.514. The van der Waals surface area contributed by atoms with Crippen molar-refractivity contribution < 1.29 is 0 Å². The van der Waals surface area contributed by atoms with E-state index in [2.05, 4.69) is 205 Å². The van der Waals surface area contributed by atoms with Crippen molar-refractivity contribution in [1.82, 2.24) is 14.5 Å². The summed E-state index contributed by atoms with van der Waals surface area (Å²) in [4.78, 5) is 10.7. The first-order chi connectivity index (χ1) is 26.8. The highest BCUT2D eigenvalue weighted by Crippen LogP contribution is 2.56. The first kappa shape index (κ1) is 30.5. The molecule has 0 unspecified atom stereocenters. The number of nitrogens with zero attached hydrogens (tertiary/aromatic N) is 3. The molecule has 11 rings (SSSR count). The zero-order chi connectivity index (χ0) is 35.6. The van der Waals surface area contributed by atoms with E-state index in [0.29, 0.717) is 5.95 Å². The fourth-order valence-corrected chi connectivity index (χ4v) is 8.97. The van der Waals surface area contributed by atoms with E-state index < -0.39 is 5.41 Å². The minimum atomic E-state index is -0.514. The maximum atomic E-state index is 5.44. The summed E-state index contributed by atoms with van der Waals surface area (Å²) in [5, 5.41) is 3.37. The Kier molecular flexibility index (Phi) is 6.77. The summed E-state index contributed by atoms with van der Waals surface area (Å²) in [5.74, 6) is 0.653. The van der Waals surface area contributed by atoms with Crippen LogP contribution in [0.4, 0.5) is 0 Å². The first-order valence-corrected chi connectivity index (χ1v) is 18.5. The second kappa shape index (κ2) is 12.0. The van der Waals surface area contributed by atoms with E-state index in [1.165, 1.54) is 55.3 Å². The van der Waals surface area contributed by atoms with E-state index in [9.17, 15) is 0 Å². The second-order valence-electron chi connectivity index (χ2n) is 14.1. The average molecular weight is 688 g/mol. The smallest absolute Gasteiger partial charge is 0.235 e. The number of rotatable bonds is 5. The molecule has 10 aromatic rings. The quantitative estimate of drug-likeness (QED) is 0.180. The van der Waals surface area contributed by atoms with Crippen LogP contribution in [-0.2, 0) is 5.41 Å². The molecule has 8 aromatic carbocycles. The van der Waals surface area contributed by atoms with E-state index in [1.54, 1.807) is 0 Å². The van der Waals surface area contributed by atoms with Gasteiger partial charge in [-0.1, -0.05) is 182 Å². The third-order valence-electron chi connectivity index (χ3n) is 11.3. The molecule has 2 aromatic heterocycles. The largest absolute Gasteiger partial charge is 0.278 e. The monoisotopic (exact) mass is 687 g/mol. The molecule has 0 radical (unpaired) electrons. The normalized spacial score (nSPS) is 13.0. The van der Waals surface area contributed by atoms with Gasteiger partial charge in [-0.25, -0.2) is 9.97 Å². The molecule has 0 atom stereocenters. The summed E-state index contributed by atoms with van der Waals surface area (Å²) in [6.45, 7) is 0. The number of fused-ring (bicyclic) bond motifs is 7. The van der Waals surface area contributed by atoms with E-state index in [1.807, 2.05) is 0 Å². The van der Waals surface area contributed by atoms with Crippen LogP contribution >= 0.6 is 0 Å². The topological polar surface area (TPSA) is 30.7 Å². The Balaban J connectivity index is 1.19. The lowest BCUT2D eigenvalue weighted by Crippen LogP contribution is -2.28. The molecule has 0 saturated heterocycles. The lowest BCUT2D eigenvalue weighted by molar-refractivity contribution is 0.769. The molecule has 0 aliphatic heterocycles. The third kappa shape index (κ3) is 4.42. The highest BCUT2D eigenvalue weighted by molar-refractivity contribution is 6.09. The van der Waals surface area contributed by atoms with Crippen LogP contribution in [0.3, 0.4) is 0 Å². The maximum absolute atomic E-state index is 5.44. The molecule has 0 bridgehead atoms. The first-order valence-electron chi connectivity index (χ1n) is 18.5. The summed E-state index contributed by atoms with van der Waals surface area (Å²) in [6.07, 6.45) is 0. The number of para-hydroxylation sites is 2. The van der Waals surface area contributed by atoms with Gasteiger partial charge in [-0.2, -0.15) is 0 Å². The van der Waals surface area contributed by atoms with Crippen LogP contribution in [0, 0.1) is 0 Å². The molecule has 3 nitrogen and oxygen atoms in total. The lowest BCUT2D eigenvalue weighted by Gasteiger charge is -2.34. The van der Waals surface area contributed by atoms with Crippen LogP contribution in [0.5, 0.6) is 0 Å². The molecule has 0 N–H and O–H groups in total. The molecule has 2 heterocycles. The third-order valence-corrected chi connectivity index (χ3v) is 11.3. The highest BCUT2D eigenvalue weighted by atomic mass is 15.2. The summed E-state index contributed by atoms with van der Waals surface area (Å²) in [6, 6.07) is 72.1. The molecule has 252 valence electrons. The van der Waals surface area contributed by atoms with Gasteiger partial charge in [-0.3, -0.25) is 4.57 Å². The maximum Gasteiger partial charge on any atom is 0.235 e. The van der Waals surface area contributed by atoms with Gasteiger partial charge >= 0.3 is 0 Å². The van der Waals surface area contributed by atoms with Crippen molar-refractivity contribution in [2.45, 2.75) is 5.41 Å². The molecule has 1 aliphatic carbocycles. The van der Waals surface area contributed by atoms with Gasteiger partial charge in [-0.05, 0) is 62.7 Å². The van der Waals surface area contributed by atoms with Crippen LogP contribution in [-0.4, -0.2) is 14.5 Å². The van der Waals surface area contributed by atoms with Crippen LogP contribution in [0.1, 0.15) is 22.3 Å². The van der Waals surface area contributed by atoms with Gasteiger partial charge in [0.25, 0.3) is 0 Å². The van der Waals surface area contributed by atoms with Crippen LogP contribution in [0.2, 0.25) is 0 Å². The molecule has 1 aliphatic rings. The molecule has 0 saturated carbocycles.